The fraction of sp³-hybridized carbons (Fsp3) is 0.875. The highest BCUT2D eigenvalue weighted by molar-refractivity contribution is 7.80. The molecule has 0 aromatic rings. The molecule has 0 aliphatic rings. The van der Waals surface area contributed by atoms with Crippen molar-refractivity contribution in [3.05, 3.63) is 0 Å². The summed E-state index contributed by atoms with van der Waals surface area (Å²) in [6.07, 6.45) is 0.600. The third kappa shape index (κ3) is 6.47. The Labute approximate surface area is 78.7 Å². The first kappa shape index (κ1) is 11.8. The lowest BCUT2D eigenvalue weighted by molar-refractivity contribution is 0.0152. The summed E-state index contributed by atoms with van der Waals surface area (Å²) in [5.74, 6) is 0. The molecule has 1 unspecified atom stereocenters. The van der Waals surface area contributed by atoms with Crippen LogP contribution < -0.4 is 0 Å². The Hall–Kier alpha value is -0.240. The second-order valence-corrected chi connectivity index (χ2v) is 3.78. The molecule has 0 saturated heterocycles. The molecule has 2 atom stereocenters. The fourth-order valence-corrected chi connectivity index (χ4v) is 0.813. The van der Waals surface area contributed by atoms with Crippen molar-refractivity contribution in [3.63, 3.8) is 0 Å². The van der Waals surface area contributed by atoms with Gasteiger partial charge in [0.1, 0.15) is 0 Å². The average molecular weight is 189 g/mol. The Balaban J connectivity index is 3.55. The third-order valence-corrected chi connectivity index (χ3v) is 1.61. The van der Waals surface area contributed by atoms with Crippen LogP contribution in [0.3, 0.4) is 0 Å². The van der Waals surface area contributed by atoms with Crippen molar-refractivity contribution in [2.24, 2.45) is 0 Å². The molecule has 0 aromatic carbocycles. The van der Waals surface area contributed by atoms with Crippen molar-refractivity contribution in [3.8, 4) is 6.07 Å². The first-order chi connectivity index (χ1) is 5.48. The van der Waals surface area contributed by atoms with Gasteiger partial charge >= 0.3 is 0 Å². The van der Waals surface area contributed by atoms with E-state index in [1.807, 2.05) is 13.0 Å². The molecule has 0 amide bonds. The summed E-state index contributed by atoms with van der Waals surface area (Å²) in [6.45, 7) is 3.87. The molecule has 0 aromatic heterocycles. The van der Waals surface area contributed by atoms with Crippen LogP contribution in [0, 0.1) is 11.3 Å². The number of hydrogen-bond donors (Lipinski definition) is 2. The molecule has 12 heavy (non-hydrogen) atoms. The van der Waals surface area contributed by atoms with Crippen LogP contribution in [0.25, 0.3) is 0 Å². The number of aliphatic hydroxyl groups is 1. The largest absolute Gasteiger partial charge is 0.389 e. The van der Waals surface area contributed by atoms with Gasteiger partial charge in [-0.2, -0.15) is 5.26 Å². The van der Waals surface area contributed by atoms with E-state index in [-0.39, 0.29) is 11.9 Å². The molecule has 0 rings (SSSR count). The van der Waals surface area contributed by atoms with E-state index in [4.69, 9.17) is 10.00 Å². The quantitative estimate of drug-likeness (QED) is 0.507. The summed E-state index contributed by atoms with van der Waals surface area (Å²) in [6, 6.07) is 1.92. The second kappa shape index (κ2) is 5.41. The summed E-state index contributed by atoms with van der Waals surface area (Å²) in [4.78, 5) is 0. The Morgan fingerprint density at radius 3 is 2.75 bits per heavy atom. The van der Waals surface area contributed by atoms with Crippen molar-refractivity contribution < 1.29 is 9.84 Å². The number of hydrogen-bond acceptors (Lipinski definition) is 4. The van der Waals surface area contributed by atoms with Gasteiger partial charge in [0.2, 0.25) is 0 Å². The summed E-state index contributed by atoms with van der Waals surface area (Å²) >= 11 is 4.01. The van der Waals surface area contributed by atoms with E-state index in [2.05, 4.69) is 12.6 Å². The smallest absolute Gasteiger partial charge is 0.0971 e. The molecule has 0 aliphatic heterocycles. The monoisotopic (exact) mass is 189 g/mol. The molecule has 0 radical (unpaired) electrons. The van der Waals surface area contributed by atoms with Crippen LogP contribution in [-0.4, -0.2) is 22.8 Å². The van der Waals surface area contributed by atoms with E-state index in [1.54, 1.807) is 6.92 Å². The van der Waals surface area contributed by atoms with E-state index in [9.17, 15) is 5.11 Å². The highest BCUT2D eigenvalue weighted by Gasteiger charge is 2.19. The Morgan fingerprint density at radius 1 is 1.75 bits per heavy atom. The SMILES string of the molecule is CC(S)OCC[C@](C)(O)CC#N. The minimum Gasteiger partial charge on any atom is -0.389 e. The highest BCUT2D eigenvalue weighted by Crippen LogP contribution is 2.13. The van der Waals surface area contributed by atoms with Gasteiger partial charge in [0.15, 0.2) is 0 Å². The van der Waals surface area contributed by atoms with Gasteiger partial charge in [-0.15, -0.1) is 12.6 Å². The van der Waals surface area contributed by atoms with Gasteiger partial charge in [0.05, 0.1) is 30.1 Å². The summed E-state index contributed by atoms with van der Waals surface area (Å²) in [5.41, 5.74) is -1.06. The Morgan fingerprint density at radius 2 is 2.33 bits per heavy atom. The van der Waals surface area contributed by atoms with Gasteiger partial charge < -0.3 is 9.84 Å². The first-order valence-electron chi connectivity index (χ1n) is 3.87. The van der Waals surface area contributed by atoms with E-state index < -0.39 is 5.60 Å². The average Bonchev–Trinajstić information content (AvgIpc) is 1.85. The molecule has 0 fully saturated rings. The van der Waals surface area contributed by atoms with Crippen molar-refractivity contribution in [2.75, 3.05) is 6.61 Å². The van der Waals surface area contributed by atoms with Gasteiger partial charge in [-0.05, 0) is 13.8 Å². The molecule has 70 valence electrons. The molecule has 0 spiro atoms. The van der Waals surface area contributed by atoms with Crippen LogP contribution in [0.4, 0.5) is 0 Å². The fourth-order valence-electron chi connectivity index (χ4n) is 0.708. The van der Waals surface area contributed by atoms with Gasteiger partial charge in [-0.25, -0.2) is 0 Å². The van der Waals surface area contributed by atoms with Crippen molar-refractivity contribution in [1.82, 2.24) is 0 Å². The lowest BCUT2D eigenvalue weighted by atomic mass is 10.00. The number of nitriles is 1. The lowest BCUT2D eigenvalue weighted by Crippen LogP contribution is -2.25. The predicted molar refractivity (Wildman–Crippen MR) is 49.9 cm³/mol. The minimum atomic E-state index is -0.933. The van der Waals surface area contributed by atoms with Crippen LogP contribution in [-0.2, 0) is 4.74 Å². The van der Waals surface area contributed by atoms with Crippen LogP contribution in [0.15, 0.2) is 0 Å². The standard InChI is InChI=1S/C8H15NO2S/c1-7(12)11-6-4-8(2,10)3-5-9/h7,10,12H,3-4,6H2,1-2H3/t7?,8-/m1/s1. The number of rotatable bonds is 5. The zero-order valence-electron chi connectivity index (χ0n) is 7.45. The molecular weight excluding hydrogens is 174 g/mol. The topological polar surface area (TPSA) is 53.2 Å². The molecule has 0 saturated carbocycles. The van der Waals surface area contributed by atoms with Crippen molar-refractivity contribution >= 4 is 12.6 Å². The van der Waals surface area contributed by atoms with Crippen molar-refractivity contribution in [1.29, 1.82) is 5.26 Å². The van der Waals surface area contributed by atoms with Crippen LogP contribution in [0.2, 0.25) is 0 Å². The van der Waals surface area contributed by atoms with E-state index in [0.717, 1.165) is 0 Å². The summed E-state index contributed by atoms with van der Waals surface area (Å²) < 4.78 is 5.12. The van der Waals surface area contributed by atoms with Crippen LogP contribution >= 0.6 is 12.6 Å². The van der Waals surface area contributed by atoms with Gasteiger partial charge in [-0.3, -0.25) is 0 Å². The highest BCUT2D eigenvalue weighted by atomic mass is 32.1. The number of ether oxygens (including phenoxy) is 1. The van der Waals surface area contributed by atoms with E-state index >= 15 is 0 Å². The van der Waals surface area contributed by atoms with E-state index in [1.165, 1.54) is 0 Å². The van der Waals surface area contributed by atoms with Crippen LogP contribution in [0.5, 0.6) is 0 Å². The third-order valence-electron chi connectivity index (χ3n) is 1.46. The van der Waals surface area contributed by atoms with Gasteiger partial charge in [-0.1, -0.05) is 0 Å². The lowest BCUT2D eigenvalue weighted by Gasteiger charge is -2.19. The first-order valence-corrected chi connectivity index (χ1v) is 4.38. The molecule has 0 bridgehead atoms. The Bertz CT molecular complexity index is 163. The van der Waals surface area contributed by atoms with Crippen molar-refractivity contribution in [2.45, 2.75) is 37.7 Å². The predicted octanol–water partition coefficient (Wildman–Crippen LogP) is 1.33. The summed E-state index contributed by atoms with van der Waals surface area (Å²) in [7, 11) is 0. The van der Waals surface area contributed by atoms with Gasteiger partial charge in [0, 0.05) is 6.42 Å². The van der Waals surface area contributed by atoms with E-state index in [0.29, 0.717) is 13.0 Å². The molecule has 1 N–H and O–H groups in total. The Kier molecular flexibility index (Phi) is 5.31. The number of nitrogens with zero attached hydrogens (tertiary/aromatic N) is 1. The molecule has 4 heteroatoms. The molecule has 3 nitrogen and oxygen atoms in total. The molecule has 0 aliphatic carbocycles. The second-order valence-electron chi connectivity index (χ2n) is 3.05. The minimum absolute atomic E-state index is 0.122. The zero-order valence-corrected chi connectivity index (χ0v) is 8.34. The maximum Gasteiger partial charge on any atom is 0.0971 e. The number of thiol groups is 1. The zero-order chi connectivity index (χ0) is 9.61. The maximum absolute atomic E-state index is 9.50. The maximum atomic E-state index is 9.50. The molecular formula is C8H15NO2S. The summed E-state index contributed by atoms with van der Waals surface area (Å²) in [5, 5.41) is 17.8. The van der Waals surface area contributed by atoms with Gasteiger partial charge in [0.25, 0.3) is 0 Å². The van der Waals surface area contributed by atoms with Crippen LogP contribution in [0.1, 0.15) is 26.7 Å². The normalized spacial score (nSPS) is 17.9. The molecule has 0 heterocycles.